The van der Waals surface area contributed by atoms with Crippen LogP contribution in [0.2, 0.25) is 4.34 Å². The Morgan fingerprint density at radius 2 is 2.21 bits per heavy atom. The average molecular weight is 296 g/mol. The third kappa shape index (κ3) is 4.58. The van der Waals surface area contributed by atoms with Gasteiger partial charge >= 0.3 is 0 Å². The van der Waals surface area contributed by atoms with E-state index in [9.17, 15) is 4.79 Å². The summed E-state index contributed by atoms with van der Waals surface area (Å²) >= 11 is 7.27. The van der Waals surface area contributed by atoms with E-state index in [0.29, 0.717) is 12.3 Å². The van der Waals surface area contributed by atoms with E-state index in [2.05, 4.69) is 5.32 Å². The summed E-state index contributed by atoms with van der Waals surface area (Å²) in [7, 11) is 0. The monoisotopic (exact) mass is 295 g/mol. The fourth-order valence-corrected chi connectivity index (χ4v) is 2.56. The van der Waals surface area contributed by atoms with Crippen LogP contribution in [0.5, 0.6) is 5.75 Å². The molecule has 0 saturated carbocycles. The van der Waals surface area contributed by atoms with Gasteiger partial charge in [0.05, 0.1) is 10.9 Å². The number of benzene rings is 1. The summed E-state index contributed by atoms with van der Waals surface area (Å²) < 4.78 is 6.13. The van der Waals surface area contributed by atoms with Gasteiger partial charge in [0.25, 0.3) is 5.91 Å². The summed E-state index contributed by atoms with van der Waals surface area (Å²) in [6, 6.07) is 11.3. The molecule has 2 rings (SSSR count). The number of rotatable bonds is 5. The zero-order valence-corrected chi connectivity index (χ0v) is 12.1. The van der Waals surface area contributed by atoms with Crippen LogP contribution in [-0.4, -0.2) is 12.5 Å². The van der Waals surface area contributed by atoms with Crippen LogP contribution < -0.4 is 10.1 Å². The number of thiophene rings is 1. The average Bonchev–Trinajstić information content (AvgIpc) is 2.80. The number of aryl methyl sites for hydroxylation is 1. The maximum atomic E-state index is 11.6. The molecule has 1 aromatic heterocycles. The Morgan fingerprint density at radius 3 is 2.89 bits per heavy atom. The molecule has 0 aliphatic heterocycles. The van der Waals surface area contributed by atoms with Gasteiger partial charge in [0.15, 0.2) is 6.61 Å². The first-order valence-electron chi connectivity index (χ1n) is 5.84. The normalized spacial score (nSPS) is 10.2. The lowest BCUT2D eigenvalue weighted by atomic mass is 10.2. The van der Waals surface area contributed by atoms with E-state index in [1.807, 2.05) is 43.3 Å². The summed E-state index contributed by atoms with van der Waals surface area (Å²) in [5.41, 5.74) is 1.10. The highest BCUT2D eigenvalue weighted by atomic mass is 35.5. The molecule has 0 unspecified atom stereocenters. The van der Waals surface area contributed by atoms with Gasteiger partial charge in [-0.05, 0) is 36.8 Å². The van der Waals surface area contributed by atoms with Crippen molar-refractivity contribution >= 4 is 28.8 Å². The molecule has 3 nitrogen and oxygen atoms in total. The number of halogens is 1. The first-order valence-corrected chi connectivity index (χ1v) is 7.03. The lowest BCUT2D eigenvalue weighted by Gasteiger charge is -2.07. The Kier molecular flexibility index (Phi) is 4.82. The highest BCUT2D eigenvalue weighted by Gasteiger charge is 2.04. The summed E-state index contributed by atoms with van der Waals surface area (Å²) in [6.45, 7) is 2.48. The Bertz CT molecular complexity index is 568. The molecule has 0 fully saturated rings. The number of carbonyl (C=O) groups excluding carboxylic acids is 1. The number of carbonyl (C=O) groups is 1. The molecule has 0 aliphatic carbocycles. The molecule has 1 amide bonds. The van der Waals surface area contributed by atoms with E-state index >= 15 is 0 Å². The largest absolute Gasteiger partial charge is 0.484 e. The van der Waals surface area contributed by atoms with Crippen LogP contribution in [0.1, 0.15) is 10.4 Å². The molecular weight excluding hydrogens is 282 g/mol. The topological polar surface area (TPSA) is 38.3 Å². The van der Waals surface area contributed by atoms with Crippen molar-refractivity contribution < 1.29 is 9.53 Å². The van der Waals surface area contributed by atoms with Crippen molar-refractivity contribution in [2.24, 2.45) is 0 Å². The molecule has 0 saturated heterocycles. The number of amides is 1. The second kappa shape index (κ2) is 6.59. The van der Waals surface area contributed by atoms with Crippen LogP contribution in [0.4, 0.5) is 0 Å². The number of nitrogens with one attached hydrogen (secondary N) is 1. The minimum Gasteiger partial charge on any atom is -0.484 e. The van der Waals surface area contributed by atoms with Gasteiger partial charge in [0, 0.05) is 4.88 Å². The van der Waals surface area contributed by atoms with E-state index in [1.54, 1.807) is 0 Å². The first-order chi connectivity index (χ1) is 9.13. The van der Waals surface area contributed by atoms with Gasteiger partial charge in [-0.2, -0.15) is 0 Å². The minimum absolute atomic E-state index is 0.0164. The molecule has 1 aromatic carbocycles. The molecule has 0 bridgehead atoms. The zero-order valence-electron chi connectivity index (χ0n) is 10.5. The van der Waals surface area contributed by atoms with Gasteiger partial charge in [-0.1, -0.05) is 23.7 Å². The maximum Gasteiger partial charge on any atom is 0.258 e. The Hall–Kier alpha value is -1.52. The van der Waals surface area contributed by atoms with Crippen molar-refractivity contribution in [3.8, 4) is 5.75 Å². The second-order valence-corrected chi connectivity index (χ2v) is 5.89. The van der Waals surface area contributed by atoms with Gasteiger partial charge in [0.2, 0.25) is 0 Å². The first kappa shape index (κ1) is 13.9. The molecule has 2 aromatic rings. The van der Waals surface area contributed by atoms with Crippen molar-refractivity contribution in [2.45, 2.75) is 13.5 Å². The molecule has 1 N–H and O–H groups in total. The molecule has 0 radical (unpaired) electrons. The molecular formula is C14H14ClNO2S. The summed E-state index contributed by atoms with van der Waals surface area (Å²) in [5, 5.41) is 2.78. The van der Waals surface area contributed by atoms with Gasteiger partial charge in [0.1, 0.15) is 5.75 Å². The molecule has 0 atom stereocenters. The number of hydrogen-bond donors (Lipinski definition) is 1. The molecule has 100 valence electrons. The van der Waals surface area contributed by atoms with Gasteiger partial charge < -0.3 is 10.1 Å². The summed E-state index contributed by atoms with van der Waals surface area (Å²) in [4.78, 5) is 12.6. The second-order valence-electron chi connectivity index (χ2n) is 4.09. The lowest BCUT2D eigenvalue weighted by Crippen LogP contribution is -2.28. The van der Waals surface area contributed by atoms with Crippen LogP contribution >= 0.6 is 22.9 Å². The van der Waals surface area contributed by atoms with Crippen LogP contribution in [0, 0.1) is 6.92 Å². The van der Waals surface area contributed by atoms with E-state index in [0.717, 1.165) is 14.8 Å². The molecule has 0 aliphatic rings. The predicted molar refractivity (Wildman–Crippen MR) is 77.8 cm³/mol. The van der Waals surface area contributed by atoms with Crippen molar-refractivity contribution in [3.05, 3.63) is 51.2 Å². The van der Waals surface area contributed by atoms with Crippen molar-refractivity contribution in [2.75, 3.05) is 6.61 Å². The van der Waals surface area contributed by atoms with Gasteiger partial charge in [-0.15, -0.1) is 11.3 Å². The standard InChI is InChI=1S/C14H14ClNO2S/c1-10-3-2-4-11(7-10)18-9-14(17)16-8-12-5-6-13(15)19-12/h2-7H,8-9H2,1H3,(H,16,17). The predicted octanol–water partition coefficient (Wildman–Crippen LogP) is 3.41. The fraction of sp³-hybridized carbons (Fsp3) is 0.214. The SMILES string of the molecule is Cc1cccc(OCC(=O)NCc2ccc(Cl)s2)c1. The Morgan fingerprint density at radius 1 is 1.37 bits per heavy atom. The zero-order chi connectivity index (χ0) is 13.7. The van der Waals surface area contributed by atoms with Crippen molar-refractivity contribution in [1.29, 1.82) is 0 Å². The Labute approximate surface area is 121 Å². The summed E-state index contributed by atoms with van der Waals surface area (Å²) in [5.74, 6) is 0.556. The smallest absolute Gasteiger partial charge is 0.258 e. The van der Waals surface area contributed by atoms with Crippen LogP contribution in [0.25, 0.3) is 0 Å². The highest BCUT2D eigenvalue weighted by molar-refractivity contribution is 7.16. The number of hydrogen-bond acceptors (Lipinski definition) is 3. The third-order valence-electron chi connectivity index (χ3n) is 2.45. The number of ether oxygens (including phenoxy) is 1. The lowest BCUT2D eigenvalue weighted by molar-refractivity contribution is -0.123. The maximum absolute atomic E-state index is 11.6. The van der Waals surface area contributed by atoms with E-state index in [-0.39, 0.29) is 12.5 Å². The fourth-order valence-electron chi connectivity index (χ4n) is 1.54. The molecule has 19 heavy (non-hydrogen) atoms. The van der Waals surface area contributed by atoms with E-state index in [4.69, 9.17) is 16.3 Å². The van der Waals surface area contributed by atoms with Gasteiger partial charge in [-0.3, -0.25) is 4.79 Å². The van der Waals surface area contributed by atoms with Crippen molar-refractivity contribution in [3.63, 3.8) is 0 Å². The van der Waals surface area contributed by atoms with Crippen molar-refractivity contribution in [1.82, 2.24) is 5.32 Å². The quantitative estimate of drug-likeness (QED) is 0.918. The summed E-state index contributed by atoms with van der Waals surface area (Å²) in [6.07, 6.45) is 0. The third-order valence-corrected chi connectivity index (χ3v) is 3.68. The van der Waals surface area contributed by atoms with Crippen LogP contribution in [0.3, 0.4) is 0 Å². The van der Waals surface area contributed by atoms with Crippen LogP contribution in [-0.2, 0) is 11.3 Å². The minimum atomic E-state index is -0.147. The van der Waals surface area contributed by atoms with E-state index < -0.39 is 0 Å². The van der Waals surface area contributed by atoms with Gasteiger partial charge in [-0.25, -0.2) is 0 Å². The Balaban J connectivity index is 1.75. The molecule has 5 heteroatoms. The highest BCUT2D eigenvalue weighted by Crippen LogP contribution is 2.20. The van der Waals surface area contributed by atoms with E-state index in [1.165, 1.54) is 11.3 Å². The molecule has 1 heterocycles. The molecule has 0 spiro atoms. The van der Waals surface area contributed by atoms with Crippen LogP contribution in [0.15, 0.2) is 36.4 Å².